The largest absolute Gasteiger partial charge is 0.493 e. The second-order valence-electron chi connectivity index (χ2n) is 4.58. The monoisotopic (exact) mass is 306 g/mol. The summed E-state index contributed by atoms with van der Waals surface area (Å²) in [4.78, 5) is 18.9. The van der Waals surface area contributed by atoms with E-state index >= 15 is 0 Å². The average Bonchev–Trinajstić information content (AvgIpc) is 2.45. The molecule has 0 aliphatic carbocycles. The first-order valence-electron chi connectivity index (χ1n) is 6.42. The van der Waals surface area contributed by atoms with E-state index in [2.05, 4.69) is 9.97 Å². The predicted molar refractivity (Wildman–Crippen MR) is 79.1 cm³/mol. The van der Waals surface area contributed by atoms with Crippen molar-refractivity contribution in [1.82, 2.24) is 9.97 Å². The standard InChI is InChI=1S/C15H15ClN2O3/c1-9-4-3-5-12(10(9)2)21-7-6-13-17-8-11(16)14(18-13)15(19)20/h3-5,8H,6-7H2,1-2H3,(H,19,20). The molecule has 0 aliphatic heterocycles. The maximum Gasteiger partial charge on any atom is 0.356 e. The van der Waals surface area contributed by atoms with Gasteiger partial charge in [0.15, 0.2) is 5.69 Å². The molecule has 0 saturated carbocycles. The molecule has 0 aliphatic rings. The molecular formula is C15H15ClN2O3. The number of carbonyl (C=O) groups is 1. The Bertz CT molecular complexity index is 674. The van der Waals surface area contributed by atoms with Crippen molar-refractivity contribution in [3.63, 3.8) is 0 Å². The van der Waals surface area contributed by atoms with E-state index in [-0.39, 0.29) is 10.7 Å². The SMILES string of the molecule is Cc1cccc(OCCc2ncc(Cl)c(C(=O)O)n2)c1C. The normalized spacial score (nSPS) is 10.4. The Morgan fingerprint density at radius 1 is 1.38 bits per heavy atom. The van der Waals surface area contributed by atoms with Gasteiger partial charge in [-0.15, -0.1) is 0 Å². The predicted octanol–water partition coefficient (Wildman–Crippen LogP) is 3.07. The molecule has 1 heterocycles. The summed E-state index contributed by atoms with van der Waals surface area (Å²) in [6, 6.07) is 5.84. The molecule has 0 spiro atoms. The number of aromatic nitrogens is 2. The summed E-state index contributed by atoms with van der Waals surface area (Å²) in [5, 5.41) is 8.98. The lowest BCUT2D eigenvalue weighted by atomic mass is 10.1. The smallest absolute Gasteiger partial charge is 0.356 e. The summed E-state index contributed by atoms with van der Waals surface area (Å²) in [7, 11) is 0. The van der Waals surface area contributed by atoms with Gasteiger partial charge in [-0.1, -0.05) is 23.7 Å². The first kappa shape index (κ1) is 15.3. The third-order valence-corrected chi connectivity index (χ3v) is 3.41. The fraction of sp³-hybridized carbons (Fsp3) is 0.267. The Morgan fingerprint density at radius 3 is 2.86 bits per heavy atom. The Hall–Kier alpha value is -2.14. The number of halogens is 1. The van der Waals surface area contributed by atoms with E-state index in [1.54, 1.807) is 0 Å². The van der Waals surface area contributed by atoms with Crippen LogP contribution in [-0.4, -0.2) is 27.7 Å². The van der Waals surface area contributed by atoms with E-state index < -0.39 is 5.97 Å². The molecule has 1 aromatic heterocycles. The lowest BCUT2D eigenvalue weighted by molar-refractivity contribution is 0.0690. The van der Waals surface area contributed by atoms with Crippen molar-refractivity contribution in [2.75, 3.05) is 6.61 Å². The highest BCUT2D eigenvalue weighted by atomic mass is 35.5. The van der Waals surface area contributed by atoms with Crippen LogP contribution in [0.3, 0.4) is 0 Å². The summed E-state index contributed by atoms with van der Waals surface area (Å²) in [5.41, 5.74) is 2.05. The van der Waals surface area contributed by atoms with Crippen molar-refractivity contribution < 1.29 is 14.6 Å². The lowest BCUT2D eigenvalue weighted by Gasteiger charge is -2.10. The number of nitrogens with zero attached hydrogens (tertiary/aromatic N) is 2. The van der Waals surface area contributed by atoms with Crippen molar-refractivity contribution in [2.45, 2.75) is 20.3 Å². The number of hydrogen-bond donors (Lipinski definition) is 1. The quantitative estimate of drug-likeness (QED) is 0.919. The molecular weight excluding hydrogens is 292 g/mol. The van der Waals surface area contributed by atoms with E-state index in [0.29, 0.717) is 18.9 Å². The van der Waals surface area contributed by atoms with Crippen molar-refractivity contribution in [3.8, 4) is 5.75 Å². The number of hydrogen-bond acceptors (Lipinski definition) is 4. The highest BCUT2D eigenvalue weighted by molar-refractivity contribution is 6.33. The Kier molecular flexibility index (Phi) is 4.75. The van der Waals surface area contributed by atoms with Gasteiger partial charge in [-0.25, -0.2) is 14.8 Å². The average molecular weight is 307 g/mol. The van der Waals surface area contributed by atoms with Gasteiger partial charge in [0.2, 0.25) is 0 Å². The minimum absolute atomic E-state index is 0.0293. The third kappa shape index (κ3) is 3.70. The van der Waals surface area contributed by atoms with Gasteiger partial charge in [-0.2, -0.15) is 0 Å². The second-order valence-corrected chi connectivity index (χ2v) is 4.99. The van der Waals surface area contributed by atoms with Gasteiger partial charge in [0, 0.05) is 6.42 Å². The molecule has 6 heteroatoms. The zero-order valence-corrected chi connectivity index (χ0v) is 12.5. The number of carboxylic acids is 1. The van der Waals surface area contributed by atoms with Crippen LogP contribution in [0.15, 0.2) is 24.4 Å². The van der Waals surface area contributed by atoms with Crippen LogP contribution in [-0.2, 0) is 6.42 Å². The van der Waals surface area contributed by atoms with Crippen LogP contribution in [0.1, 0.15) is 27.4 Å². The maximum atomic E-state index is 10.9. The third-order valence-electron chi connectivity index (χ3n) is 3.13. The van der Waals surface area contributed by atoms with Gasteiger partial charge in [0.1, 0.15) is 11.6 Å². The van der Waals surface area contributed by atoms with Crippen LogP contribution in [0.4, 0.5) is 0 Å². The highest BCUT2D eigenvalue weighted by Crippen LogP contribution is 2.20. The molecule has 0 amide bonds. The van der Waals surface area contributed by atoms with Gasteiger partial charge < -0.3 is 9.84 Å². The van der Waals surface area contributed by atoms with E-state index in [0.717, 1.165) is 16.9 Å². The lowest BCUT2D eigenvalue weighted by Crippen LogP contribution is -2.10. The zero-order chi connectivity index (χ0) is 15.4. The van der Waals surface area contributed by atoms with Crippen LogP contribution < -0.4 is 4.74 Å². The molecule has 0 fully saturated rings. The Balaban J connectivity index is 2.02. The van der Waals surface area contributed by atoms with Crippen LogP contribution in [0.5, 0.6) is 5.75 Å². The van der Waals surface area contributed by atoms with Crippen molar-refractivity contribution >= 4 is 17.6 Å². The molecule has 0 atom stereocenters. The Morgan fingerprint density at radius 2 is 2.14 bits per heavy atom. The molecule has 0 unspecified atom stereocenters. The van der Waals surface area contributed by atoms with Crippen LogP contribution >= 0.6 is 11.6 Å². The van der Waals surface area contributed by atoms with E-state index in [1.807, 2.05) is 32.0 Å². The van der Waals surface area contributed by atoms with Gasteiger partial charge in [-0.3, -0.25) is 0 Å². The van der Waals surface area contributed by atoms with Crippen molar-refractivity contribution in [3.05, 3.63) is 52.1 Å². The molecule has 0 saturated heterocycles. The summed E-state index contributed by atoms with van der Waals surface area (Å²) in [6.07, 6.45) is 1.70. The van der Waals surface area contributed by atoms with Gasteiger partial charge in [-0.05, 0) is 31.0 Å². The molecule has 0 radical (unpaired) electrons. The van der Waals surface area contributed by atoms with Crippen molar-refractivity contribution in [2.24, 2.45) is 0 Å². The van der Waals surface area contributed by atoms with E-state index in [9.17, 15) is 4.79 Å². The van der Waals surface area contributed by atoms with Crippen LogP contribution in [0.2, 0.25) is 5.02 Å². The fourth-order valence-corrected chi connectivity index (χ4v) is 1.98. The number of aryl methyl sites for hydroxylation is 1. The zero-order valence-electron chi connectivity index (χ0n) is 11.8. The van der Waals surface area contributed by atoms with Crippen molar-refractivity contribution in [1.29, 1.82) is 0 Å². The molecule has 0 bridgehead atoms. The molecule has 2 aromatic rings. The van der Waals surface area contributed by atoms with E-state index in [1.165, 1.54) is 6.20 Å². The van der Waals surface area contributed by atoms with Crippen LogP contribution in [0, 0.1) is 13.8 Å². The van der Waals surface area contributed by atoms with Crippen LogP contribution in [0.25, 0.3) is 0 Å². The summed E-state index contributed by atoms with van der Waals surface area (Å²) < 4.78 is 5.69. The summed E-state index contributed by atoms with van der Waals surface area (Å²) in [5.74, 6) is 0.0311. The summed E-state index contributed by atoms with van der Waals surface area (Å²) in [6.45, 7) is 4.38. The second kappa shape index (κ2) is 6.54. The minimum atomic E-state index is -1.17. The first-order valence-corrected chi connectivity index (χ1v) is 6.80. The van der Waals surface area contributed by atoms with E-state index in [4.69, 9.17) is 21.4 Å². The molecule has 2 rings (SSSR count). The molecule has 21 heavy (non-hydrogen) atoms. The molecule has 5 nitrogen and oxygen atoms in total. The highest BCUT2D eigenvalue weighted by Gasteiger charge is 2.12. The minimum Gasteiger partial charge on any atom is -0.493 e. The van der Waals surface area contributed by atoms with Gasteiger partial charge in [0.25, 0.3) is 0 Å². The molecule has 1 aromatic carbocycles. The number of rotatable bonds is 5. The fourth-order valence-electron chi connectivity index (χ4n) is 1.81. The van der Waals surface area contributed by atoms with Gasteiger partial charge in [0.05, 0.1) is 17.8 Å². The number of carboxylic acid groups (broad SMARTS) is 1. The maximum absolute atomic E-state index is 10.9. The topological polar surface area (TPSA) is 72.3 Å². The Labute approximate surface area is 127 Å². The number of benzene rings is 1. The number of ether oxygens (including phenoxy) is 1. The summed E-state index contributed by atoms with van der Waals surface area (Å²) >= 11 is 5.72. The first-order chi connectivity index (χ1) is 9.99. The molecule has 1 N–H and O–H groups in total. The molecule has 110 valence electrons. The van der Waals surface area contributed by atoms with Gasteiger partial charge >= 0.3 is 5.97 Å². The number of aromatic carboxylic acids is 1.